The number of ether oxygens (including phenoxy) is 1. The lowest BCUT2D eigenvalue weighted by Gasteiger charge is -2.27. The van der Waals surface area contributed by atoms with Crippen molar-refractivity contribution in [2.45, 2.75) is 24.9 Å². The van der Waals surface area contributed by atoms with Crippen molar-refractivity contribution in [3.8, 4) is 5.75 Å². The van der Waals surface area contributed by atoms with E-state index in [1.54, 1.807) is 54.0 Å². The van der Waals surface area contributed by atoms with Crippen LogP contribution < -0.4 is 4.74 Å². The number of methoxy groups -OCH3 is 1. The fourth-order valence-electron chi connectivity index (χ4n) is 4.54. The molecule has 8 nitrogen and oxygen atoms in total. The van der Waals surface area contributed by atoms with Crippen molar-refractivity contribution in [2.24, 2.45) is 5.10 Å². The first-order valence-electron chi connectivity index (χ1n) is 11.0. The number of halogens is 1. The molecule has 0 unspecified atom stereocenters. The molecule has 0 spiro atoms. The largest absolute Gasteiger partial charge is 0.497 e. The first kappa shape index (κ1) is 23.6. The third-order valence-corrected chi connectivity index (χ3v) is 7.85. The normalized spacial score (nSPS) is 14.4. The van der Waals surface area contributed by atoms with Gasteiger partial charge in [0.2, 0.25) is 0 Å². The van der Waals surface area contributed by atoms with Crippen molar-refractivity contribution in [1.29, 1.82) is 0 Å². The van der Waals surface area contributed by atoms with Gasteiger partial charge in [0.1, 0.15) is 23.8 Å². The standard InChI is InChI=1S/C26H22FN3O5S/c1-16-25(21-13-18(27)10-11-22(21)29(16)15-24(31)32)26-20-8-3-4-9-23(20)36(33,34)30(28-26)14-17-6-5-7-19(12-17)35-2/h3-13H,14-15H2,1-2H3,(H,31,32). The Bertz CT molecular complexity index is 1660. The molecule has 0 saturated carbocycles. The van der Waals surface area contributed by atoms with Crippen molar-refractivity contribution >= 4 is 32.6 Å². The Morgan fingerprint density at radius 2 is 1.86 bits per heavy atom. The van der Waals surface area contributed by atoms with E-state index < -0.39 is 21.8 Å². The lowest BCUT2D eigenvalue weighted by molar-refractivity contribution is -0.137. The smallest absolute Gasteiger partial charge is 0.323 e. The summed E-state index contributed by atoms with van der Waals surface area (Å²) < 4.78 is 49.3. The molecule has 1 aromatic heterocycles. The minimum Gasteiger partial charge on any atom is -0.497 e. The van der Waals surface area contributed by atoms with E-state index in [1.807, 2.05) is 0 Å². The molecule has 0 atom stereocenters. The van der Waals surface area contributed by atoms with Gasteiger partial charge in [-0.3, -0.25) is 4.79 Å². The molecule has 0 amide bonds. The number of rotatable bonds is 6. The molecule has 0 aliphatic carbocycles. The Balaban J connectivity index is 1.76. The summed E-state index contributed by atoms with van der Waals surface area (Å²) >= 11 is 0. The van der Waals surface area contributed by atoms with Gasteiger partial charge >= 0.3 is 5.97 Å². The molecule has 184 valence electrons. The molecule has 4 aromatic rings. The molecule has 1 aliphatic heterocycles. The summed E-state index contributed by atoms with van der Waals surface area (Å²) in [7, 11) is -2.47. The summed E-state index contributed by atoms with van der Waals surface area (Å²) in [5, 5.41) is 14.5. The first-order valence-corrected chi connectivity index (χ1v) is 12.5. The molecular weight excluding hydrogens is 485 g/mol. The molecule has 0 fully saturated rings. The van der Waals surface area contributed by atoms with Crippen LogP contribution in [-0.4, -0.2) is 41.3 Å². The molecular formula is C26H22FN3O5S. The Morgan fingerprint density at radius 1 is 1.08 bits per heavy atom. The number of hydrazone groups is 1. The van der Waals surface area contributed by atoms with E-state index in [-0.39, 0.29) is 18.0 Å². The second-order valence-electron chi connectivity index (χ2n) is 8.38. The zero-order chi connectivity index (χ0) is 25.6. The van der Waals surface area contributed by atoms with Crippen molar-refractivity contribution in [1.82, 2.24) is 8.98 Å². The van der Waals surface area contributed by atoms with Gasteiger partial charge in [0.25, 0.3) is 10.0 Å². The number of sulfonamides is 1. The molecule has 0 saturated heterocycles. The Labute approximate surface area is 206 Å². The number of aliphatic carboxylic acids is 1. The quantitative estimate of drug-likeness (QED) is 0.423. The van der Waals surface area contributed by atoms with E-state index in [1.165, 1.54) is 31.4 Å². The molecule has 36 heavy (non-hydrogen) atoms. The summed E-state index contributed by atoms with van der Waals surface area (Å²) in [6, 6.07) is 17.6. The van der Waals surface area contributed by atoms with Crippen molar-refractivity contribution < 1.29 is 27.4 Å². The van der Waals surface area contributed by atoms with Crippen LogP contribution in [-0.2, 0) is 27.9 Å². The van der Waals surface area contributed by atoms with Gasteiger partial charge in [0.15, 0.2) is 0 Å². The monoisotopic (exact) mass is 507 g/mol. The molecule has 2 heterocycles. The van der Waals surface area contributed by atoms with Crippen LogP contribution in [0.4, 0.5) is 4.39 Å². The number of carbonyl (C=O) groups is 1. The second-order valence-corrected chi connectivity index (χ2v) is 10.2. The topological polar surface area (TPSA) is 101 Å². The molecule has 3 aromatic carbocycles. The molecule has 10 heteroatoms. The highest BCUT2D eigenvalue weighted by Gasteiger charge is 2.35. The van der Waals surface area contributed by atoms with Crippen LogP contribution in [0.1, 0.15) is 22.4 Å². The Hall–Kier alpha value is -4.18. The van der Waals surface area contributed by atoms with Crippen LogP contribution in [0.25, 0.3) is 10.9 Å². The highest BCUT2D eigenvalue weighted by atomic mass is 32.2. The van der Waals surface area contributed by atoms with E-state index in [9.17, 15) is 22.7 Å². The predicted octanol–water partition coefficient (Wildman–Crippen LogP) is 4.14. The van der Waals surface area contributed by atoms with Crippen LogP contribution in [0.3, 0.4) is 0 Å². The number of carboxylic acid groups (broad SMARTS) is 1. The average molecular weight is 508 g/mol. The zero-order valence-corrected chi connectivity index (χ0v) is 20.3. The summed E-state index contributed by atoms with van der Waals surface area (Å²) in [5.74, 6) is -0.976. The highest BCUT2D eigenvalue weighted by molar-refractivity contribution is 7.89. The maximum absolute atomic E-state index is 14.4. The minimum atomic E-state index is -4.00. The first-order chi connectivity index (χ1) is 17.2. The maximum atomic E-state index is 14.4. The van der Waals surface area contributed by atoms with E-state index in [4.69, 9.17) is 4.74 Å². The van der Waals surface area contributed by atoms with Crippen molar-refractivity contribution in [3.63, 3.8) is 0 Å². The summed E-state index contributed by atoms with van der Waals surface area (Å²) in [5.41, 5.74) is 2.87. The molecule has 1 N–H and O–H groups in total. The van der Waals surface area contributed by atoms with E-state index in [2.05, 4.69) is 5.10 Å². The number of carboxylic acids is 1. The summed E-state index contributed by atoms with van der Waals surface area (Å²) in [4.78, 5) is 11.6. The SMILES string of the molecule is COc1cccc(CN2N=C(c3c(C)n(CC(=O)O)c4ccc(F)cc34)c3ccccc3S2(=O)=O)c1. The summed E-state index contributed by atoms with van der Waals surface area (Å²) in [6.45, 7) is 1.32. The van der Waals surface area contributed by atoms with Crippen LogP contribution in [0, 0.1) is 12.7 Å². The molecule has 1 aliphatic rings. The van der Waals surface area contributed by atoms with Crippen LogP contribution in [0.15, 0.2) is 76.7 Å². The van der Waals surface area contributed by atoms with E-state index in [0.29, 0.717) is 44.7 Å². The van der Waals surface area contributed by atoms with E-state index >= 15 is 0 Å². The van der Waals surface area contributed by atoms with Crippen LogP contribution in [0.5, 0.6) is 5.75 Å². The number of benzene rings is 3. The minimum absolute atomic E-state index is 0.0570. The zero-order valence-electron chi connectivity index (χ0n) is 19.5. The Morgan fingerprint density at radius 3 is 2.61 bits per heavy atom. The number of hydrogen-bond acceptors (Lipinski definition) is 5. The lowest BCUT2D eigenvalue weighted by atomic mass is 9.99. The fraction of sp³-hybridized carbons (Fsp3) is 0.154. The molecule has 0 bridgehead atoms. The van der Waals surface area contributed by atoms with Gasteiger partial charge in [-0.05, 0) is 48.9 Å². The van der Waals surface area contributed by atoms with Gasteiger partial charge < -0.3 is 14.4 Å². The maximum Gasteiger partial charge on any atom is 0.323 e. The lowest BCUT2D eigenvalue weighted by Crippen LogP contribution is -2.33. The van der Waals surface area contributed by atoms with Gasteiger partial charge in [0, 0.05) is 27.7 Å². The van der Waals surface area contributed by atoms with Gasteiger partial charge in [-0.2, -0.15) is 17.9 Å². The van der Waals surface area contributed by atoms with Gasteiger partial charge in [-0.25, -0.2) is 4.39 Å². The van der Waals surface area contributed by atoms with Crippen molar-refractivity contribution in [2.75, 3.05) is 7.11 Å². The summed E-state index contributed by atoms with van der Waals surface area (Å²) in [6.07, 6.45) is 0. The molecule has 0 radical (unpaired) electrons. The van der Waals surface area contributed by atoms with Crippen molar-refractivity contribution in [3.05, 3.63) is 94.9 Å². The predicted molar refractivity (Wildman–Crippen MR) is 132 cm³/mol. The van der Waals surface area contributed by atoms with Gasteiger partial charge in [0.05, 0.1) is 18.6 Å². The molecule has 5 rings (SSSR count). The van der Waals surface area contributed by atoms with Gasteiger partial charge in [-0.15, -0.1) is 0 Å². The number of nitrogens with zero attached hydrogens (tertiary/aromatic N) is 3. The highest BCUT2D eigenvalue weighted by Crippen LogP contribution is 2.35. The Kier molecular flexibility index (Phi) is 5.76. The number of fused-ring (bicyclic) bond motifs is 2. The van der Waals surface area contributed by atoms with Crippen LogP contribution >= 0.6 is 0 Å². The third kappa shape index (κ3) is 3.89. The van der Waals surface area contributed by atoms with Gasteiger partial charge in [-0.1, -0.05) is 30.3 Å². The number of hydrogen-bond donors (Lipinski definition) is 1. The average Bonchev–Trinajstić information content (AvgIpc) is 3.11. The second kappa shape index (κ2) is 8.80. The third-order valence-electron chi connectivity index (χ3n) is 6.18. The fourth-order valence-corrected chi connectivity index (χ4v) is 5.97. The van der Waals surface area contributed by atoms with E-state index in [0.717, 1.165) is 4.41 Å². The number of aromatic nitrogens is 1. The van der Waals surface area contributed by atoms with Crippen LogP contribution in [0.2, 0.25) is 0 Å².